The van der Waals surface area contributed by atoms with Gasteiger partial charge in [-0.15, -0.1) is 0 Å². The van der Waals surface area contributed by atoms with Crippen LogP contribution in [0.1, 0.15) is 31.9 Å². The predicted octanol–water partition coefficient (Wildman–Crippen LogP) is 1.58. The van der Waals surface area contributed by atoms with Gasteiger partial charge in [-0.25, -0.2) is 0 Å². The number of hydrogen-bond acceptors (Lipinski definition) is 4. The Morgan fingerprint density at radius 3 is 2.05 bits per heavy atom. The molecule has 0 spiro atoms. The van der Waals surface area contributed by atoms with Crippen molar-refractivity contribution in [3.63, 3.8) is 0 Å². The molecular formula is C17H27NO3. The fraction of sp³-hybridized carbons (Fsp3) is 0.647. The van der Waals surface area contributed by atoms with E-state index in [1.165, 1.54) is 5.56 Å². The van der Waals surface area contributed by atoms with E-state index in [0.29, 0.717) is 6.42 Å². The molecule has 1 aliphatic heterocycles. The number of rotatable bonds is 5. The van der Waals surface area contributed by atoms with Crippen LogP contribution < -0.4 is 0 Å². The smallest absolute Gasteiger partial charge is 0.0940 e. The Morgan fingerprint density at radius 1 is 1.00 bits per heavy atom. The van der Waals surface area contributed by atoms with Crippen molar-refractivity contribution in [2.45, 2.75) is 44.9 Å². The summed E-state index contributed by atoms with van der Waals surface area (Å²) in [6.07, 6.45) is 0.439. The van der Waals surface area contributed by atoms with Crippen LogP contribution in [0.2, 0.25) is 0 Å². The average molecular weight is 293 g/mol. The summed E-state index contributed by atoms with van der Waals surface area (Å²) in [7, 11) is 0. The van der Waals surface area contributed by atoms with Gasteiger partial charge in [-0.3, -0.25) is 4.90 Å². The number of hydrogen-bond donors (Lipinski definition) is 2. The van der Waals surface area contributed by atoms with E-state index in [1.807, 2.05) is 12.1 Å². The Balaban J connectivity index is 1.95. The topological polar surface area (TPSA) is 52.9 Å². The van der Waals surface area contributed by atoms with Crippen LogP contribution in [0.25, 0.3) is 0 Å². The van der Waals surface area contributed by atoms with Gasteiger partial charge in [0.1, 0.15) is 0 Å². The normalized spacial score (nSPS) is 20.2. The summed E-state index contributed by atoms with van der Waals surface area (Å²) < 4.78 is 5.35. The molecule has 1 aromatic carbocycles. The van der Waals surface area contributed by atoms with Crippen molar-refractivity contribution in [2.24, 2.45) is 0 Å². The minimum atomic E-state index is -1.14. The molecule has 1 aliphatic rings. The molecule has 0 radical (unpaired) electrons. The third kappa shape index (κ3) is 4.51. The van der Waals surface area contributed by atoms with Gasteiger partial charge in [0.25, 0.3) is 0 Å². The Kier molecular flexibility index (Phi) is 5.04. The van der Waals surface area contributed by atoms with E-state index in [1.54, 1.807) is 20.8 Å². The summed E-state index contributed by atoms with van der Waals surface area (Å²) >= 11 is 0. The molecule has 0 aliphatic carbocycles. The van der Waals surface area contributed by atoms with Crippen LogP contribution in [0.15, 0.2) is 24.3 Å². The Hall–Kier alpha value is -0.940. The van der Waals surface area contributed by atoms with Crippen molar-refractivity contribution >= 4 is 0 Å². The van der Waals surface area contributed by atoms with Gasteiger partial charge >= 0.3 is 0 Å². The van der Waals surface area contributed by atoms with Crippen LogP contribution in [-0.4, -0.2) is 52.6 Å². The lowest BCUT2D eigenvalue weighted by atomic mass is 9.82. The fourth-order valence-electron chi connectivity index (χ4n) is 2.39. The summed E-state index contributed by atoms with van der Waals surface area (Å²) in [4.78, 5) is 2.38. The largest absolute Gasteiger partial charge is 0.387 e. The Labute approximate surface area is 127 Å². The molecule has 1 atom stereocenters. The van der Waals surface area contributed by atoms with Gasteiger partial charge in [0.2, 0.25) is 0 Å². The highest BCUT2D eigenvalue weighted by molar-refractivity contribution is 5.24. The van der Waals surface area contributed by atoms with E-state index in [0.717, 1.165) is 38.4 Å². The van der Waals surface area contributed by atoms with Gasteiger partial charge < -0.3 is 14.9 Å². The number of morpholine rings is 1. The summed E-state index contributed by atoms with van der Waals surface area (Å²) in [5.41, 5.74) is 0.0365. The van der Waals surface area contributed by atoms with E-state index < -0.39 is 11.2 Å². The third-order valence-electron chi connectivity index (χ3n) is 4.40. The minimum absolute atomic E-state index is 0.439. The van der Waals surface area contributed by atoms with Crippen molar-refractivity contribution in [1.29, 1.82) is 0 Å². The number of ether oxygens (including phenoxy) is 1. The highest BCUT2D eigenvalue weighted by Crippen LogP contribution is 2.25. The van der Waals surface area contributed by atoms with Crippen molar-refractivity contribution < 1.29 is 14.9 Å². The maximum absolute atomic E-state index is 10.4. The molecule has 1 fully saturated rings. The molecule has 0 bridgehead atoms. The van der Waals surface area contributed by atoms with Crippen molar-refractivity contribution in [2.75, 3.05) is 26.3 Å². The molecule has 1 unspecified atom stereocenters. The second-order valence-corrected chi connectivity index (χ2v) is 6.71. The number of aliphatic hydroxyl groups is 2. The molecule has 2 N–H and O–H groups in total. The van der Waals surface area contributed by atoms with Gasteiger partial charge in [0, 0.05) is 26.1 Å². The van der Waals surface area contributed by atoms with Gasteiger partial charge in [-0.1, -0.05) is 24.3 Å². The van der Waals surface area contributed by atoms with Crippen molar-refractivity contribution in [3.8, 4) is 0 Å². The monoisotopic (exact) mass is 293 g/mol. The van der Waals surface area contributed by atoms with Gasteiger partial charge in [0.15, 0.2) is 0 Å². The molecule has 1 heterocycles. The van der Waals surface area contributed by atoms with Crippen LogP contribution in [0, 0.1) is 0 Å². The Bertz CT molecular complexity index is 442. The van der Waals surface area contributed by atoms with Crippen molar-refractivity contribution in [1.82, 2.24) is 4.90 Å². The fourth-order valence-corrected chi connectivity index (χ4v) is 2.39. The quantitative estimate of drug-likeness (QED) is 0.865. The van der Waals surface area contributed by atoms with Crippen LogP contribution in [-0.2, 0) is 17.7 Å². The van der Waals surface area contributed by atoms with E-state index >= 15 is 0 Å². The van der Waals surface area contributed by atoms with E-state index in [9.17, 15) is 10.2 Å². The van der Waals surface area contributed by atoms with Crippen LogP contribution in [0.3, 0.4) is 0 Å². The molecule has 0 saturated carbocycles. The lowest BCUT2D eigenvalue weighted by Gasteiger charge is -2.35. The minimum Gasteiger partial charge on any atom is -0.387 e. The molecule has 1 aromatic rings. The summed E-state index contributed by atoms with van der Waals surface area (Å²) in [5.74, 6) is 0. The second-order valence-electron chi connectivity index (χ2n) is 6.71. The maximum atomic E-state index is 10.4. The zero-order chi connectivity index (χ0) is 15.5. The Morgan fingerprint density at radius 2 is 1.52 bits per heavy atom. The molecular weight excluding hydrogens is 266 g/mol. The van der Waals surface area contributed by atoms with E-state index in [-0.39, 0.29) is 0 Å². The van der Waals surface area contributed by atoms with Crippen LogP contribution in [0.5, 0.6) is 0 Å². The number of benzene rings is 1. The first kappa shape index (κ1) is 16.4. The predicted molar refractivity (Wildman–Crippen MR) is 83.2 cm³/mol. The molecule has 0 amide bonds. The zero-order valence-electron chi connectivity index (χ0n) is 13.3. The summed E-state index contributed by atoms with van der Waals surface area (Å²) in [6.45, 7) is 9.48. The maximum Gasteiger partial charge on any atom is 0.0940 e. The van der Waals surface area contributed by atoms with Crippen LogP contribution >= 0.6 is 0 Å². The summed E-state index contributed by atoms with van der Waals surface area (Å²) in [6, 6.07) is 8.28. The lowest BCUT2D eigenvalue weighted by Crippen LogP contribution is -2.49. The molecule has 4 nitrogen and oxygen atoms in total. The van der Waals surface area contributed by atoms with Gasteiger partial charge in [-0.05, 0) is 31.9 Å². The molecule has 4 heteroatoms. The molecule has 2 rings (SSSR count). The van der Waals surface area contributed by atoms with E-state index in [2.05, 4.69) is 17.0 Å². The summed E-state index contributed by atoms with van der Waals surface area (Å²) in [5, 5.41) is 20.4. The lowest BCUT2D eigenvalue weighted by molar-refractivity contribution is -0.118. The second kappa shape index (κ2) is 6.44. The SMILES string of the molecule is CC(C)(O)C(C)(O)Cc1ccc(CN2CCOCC2)cc1. The highest BCUT2D eigenvalue weighted by Gasteiger charge is 2.37. The van der Waals surface area contributed by atoms with Gasteiger partial charge in [0.05, 0.1) is 24.4 Å². The highest BCUT2D eigenvalue weighted by atomic mass is 16.5. The first-order valence-corrected chi connectivity index (χ1v) is 7.61. The average Bonchev–Trinajstić information content (AvgIpc) is 2.41. The first-order valence-electron chi connectivity index (χ1n) is 7.61. The number of nitrogens with zero attached hydrogens (tertiary/aromatic N) is 1. The first-order chi connectivity index (χ1) is 9.78. The van der Waals surface area contributed by atoms with Crippen molar-refractivity contribution in [3.05, 3.63) is 35.4 Å². The van der Waals surface area contributed by atoms with E-state index in [4.69, 9.17) is 4.74 Å². The standard InChI is InChI=1S/C17H27NO3/c1-16(2,19)17(3,20)12-14-4-6-15(7-5-14)13-18-8-10-21-11-9-18/h4-7,19-20H,8-13H2,1-3H3. The third-order valence-corrected chi connectivity index (χ3v) is 4.40. The van der Waals surface area contributed by atoms with Gasteiger partial charge in [-0.2, -0.15) is 0 Å². The zero-order valence-corrected chi connectivity index (χ0v) is 13.3. The molecule has 0 aromatic heterocycles. The molecule has 1 saturated heterocycles. The molecule has 21 heavy (non-hydrogen) atoms. The molecule has 118 valence electrons. The van der Waals surface area contributed by atoms with Crippen LogP contribution in [0.4, 0.5) is 0 Å².